The summed E-state index contributed by atoms with van der Waals surface area (Å²) >= 11 is 3.33. The summed E-state index contributed by atoms with van der Waals surface area (Å²) in [6.45, 7) is 0. The fraction of sp³-hybridized carbons (Fsp3) is 0.0909. The van der Waals surface area contributed by atoms with E-state index in [2.05, 4.69) is 20.9 Å². The second-order valence-electron chi connectivity index (χ2n) is 3.43. The Balaban J connectivity index is 2.49. The van der Waals surface area contributed by atoms with Crippen LogP contribution in [0.15, 0.2) is 35.1 Å². The summed E-state index contributed by atoms with van der Waals surface area (Å²) in [5, 5.41) is 0. The summed E-state index contributed by atoms with van der Waals surface area (Å²) in [7, 11) is 1.78. The van der Waals surface area contributed by atoms with E-state index in [0.29, 0.717) is 17.1 Å². The standard InChI is InChI=1S/C11H10BrN3O/c1-15-5-4-14-11(15)10(16)8-6-7(13)2-3-9(8)12/h2-6H,13H2,1H3. The number of rotatable bonds is 2. The Labute approximate surface area is 101 Å². The molecule has 0 aliphatic carbocycles. The molecule has 1 aromatic heterocycles. The number of carbonyl (C=O) groups is 1. The lowest BCUT2D eigenvalue weighted by atomic mass is 10.1. The van der Waals surface area contributed by atoms with Crippen LogP contribution in [0.5, 0.6) is 0 Å². The van der Waals surface area contributed by atoms with Crippen molar-refractivity contribution in [3.63, 3.8) is 0 Å². The van der Waals surface area contributed by atoms with Crippen molar-refractivity contribution < 1.29 is 4.79 Å². The predicted molar refractivity (Wildman–Crippen MR) is 65.2 cm³/mol. The molecule has 0 atom stereocenters. The molecule has 0 aliphatic heterocycles. The Bertz CT molecular complexity index is 548. The number of hydrogen-bond donors (Lipinski definition) is 1. The van der Waals surface area contributed by atoms with Gasteiger partial charge in [-0.3, -0.25) is 4.79 Å². The maximum absolute atomic E-state index is 12.1. The van der Waals surface area contributed by atoms with E-state index in [1.165, 1.54) is 0 Å². The van der Waals surface area contributed by atoms with E-state index in [9.17, 15) is 4.79 Å². The van der Waals surface area contributed by atoms with Crippen molar-refractivity contribution in [3.8, 4) is 0 Å². The topological polar surface area (TPSA) is 60.9 Å². The molecule has 2 rings (SSSR count). The number of nitrogens with two attached hydrogens (primary N) is 1. The van der Waals surface area contributed by atoms with Crippen molar-refractivity contribution in [2.24, 2.45) is 7.05 Å². The number of anilines is 1. The zero-order valence-corrected chi connectivity index (χ0v) is 10.2. The van der Waals surface area contributed by atoms with Crippen LogP contribution in [0.3, 0.4) is 0 Å². The van der Waals surface area contributed by atoms with Crippen molar-refractivity contribution >= 4 is 27.4 Å². The van der Waals surface area contributed by atoms with Gasteiger partial charge in [-0.05, 0) is 18.2 Å². The van der Waals surface area contributed by atoms with Crippen molar-refractivity contribution in [2.75, 3.05) is 5.73 Å². The van der Waals surface area contributed by atoms with Gasteiger partial charge in [0.15, 0.2) is 5.82 Å². The minimum absolute atomic E-state index is 0.147. The molecule has 1 aromatic carbocycles. The van der Waals surface area contributed by atoms with Gasteiger partial charge in [0.2, 0.25) is 5.78 Å². The molecule has 4 nitrogen and oxygen atoms in total. The number of halogens is 1. The van der Waals surface area contributed by atoms with Gasteiger partial charge in [0.05, 0.1) is 0 Å². The Morgan fingerprint density at radius 2 is 2.25 bits per heavy atom. The molecule has 0 bridgehead atoms. The first-order chi connectivity index (χ1) is 7.59. The third kappa shape index (κ3) is 1.86. The average molecular weight is 280 g/mol. The van der Waals surface area contributed by atoms with E-state index in [-0.39, 0.29) is 5.78 Å². The van der Waals surface area contributed by atoms with E-state index < -0.39 is 0 Å². The zero-order valence-electron chi connectivity index (χ0n) is 8.64. The van der Waals surface area contributed by atoms with Crippen molar-refractivity contribution in [1.82, 2.24) is 9.55 Å². The van der Waals surface area contributed by atoms with E-state index >= 15 is 0 Å². The van der Waals surface area contributed by atoms with Crippen LogP contribution in [-0.2, 0) is 7.05 Å². The summed E-state index contributed by atoms with van der Waals surface area (Å²) < 4.78 is 2.40. The van der Waals surface area contributed by atoms with Crippen LogP contribution in [0, 0.1) is 0 Å². The van der Waals surface area contributed by atoms with Crippen LogP contribution in [-0.4, -0.2) is 15.3 Å². The number of aromatic nitrogens is 2. The minimum Gasteiger partial charge on any atom is -0.399 e. The average Bonchev–Trinajstić information content (AvgIpc) is 2.67. The molecule has 0 saturated carbocycles. The fourth-order valence-electron chi connectivity index (χ4n) is 1.42. The first-order valence-corrected chi connectivity index (χ1v) is 5.46. The van der Waals surface area contributed by atoms with Gasteiger partial charge in [-0.25, -0.2) is 4.98 Å². The molecule has 0 spiro atoms. The van der Waals surface area contributed by atoms with Gasteiger partial charge in [-0.1, -0.05) is 15.9 Å². The maximum atomic E-state index is 12.1. The first-order valence-electron chi connectivity index (χ1n) is 4.66. The summed E-state index contributed by atoms with van der Waals surface area (Å²) in [6, 6.07) is 5.13. The lowest BCUT2D eigenvalue weighted by Gasteiger charge is -2.04. The molecule has 0 aliphatic rings. The third-order valence-electron chi connectivity index (χ3n) is 2.26. The molecule has 1 heterocycles. The summed E-state index contributed by atoms with van der Waals surface area (Å²) in [5.74, 6) is 0.248. The van der Waals surface area contributed by atoms with Gasteiger partial charge in [0.25, 0.3) is 0 Å². The highest BCUT2D eigenvalue weighted by Gasteiger charge is 2.16. The predicted octanol–water partition coefficient (Wildman–Crippen LogP) is 2.00. The van der Waals surface area contributed by atoms with Crippen molar-refractivity contribution in [2.45, 2.75) is 0 Å². The molecule has 0 unspecified atom stereocenters. The molecule has 5 heteroatoms. The molecular formula is C11H10BrN3O. The molecule has 0 amide bonds. The molecule has 0 saturated heterocycles. The lowest BCUT2D eigenvalue weighted by molar-refractivity contribution is 0.102. The van der Waals surface area contributed by atoms with Gasteiger partial charge in [0.1, 0.15) is 0 Å². The molecule has 0 fully saturated rings. The molecule has 2 N–H and O–H groups in total. The highest BCUT2D eigenvalue weighted by Crippen LogP contribution is 2.21. The van der Waals surface area contributed by atoms with E-state index in [4.69, 9.17) is 5.73 Å². The van der Waals surface area contributed by atoms with Crippen LogP contribution in [0.4, 0.5) is 5.69 Å². The fourth-order valence-corrected chi connectivity index (χ4v) is 1.85. The van der Waals surface area contributed by atoms with Crippen LogP contribution in [0.1, 0.15) is 16.2 Å². The Morgan fingerprint density at radius 1 is 1.50 bits per heavy atom. The number of imidazole rings is 1. The van der Waals surface area contributed by atoms with Crippen molar-refractivity contribution in [1.29, 1.82) is 0 Å². The lowest BCUT2D eigenvalue weighted by Crippen LogP contribution is -2.09. The molecule has 16 heavy (non-hydrogen) atoms. The van der Waals surface area contributed by atoms with E-state index in [1.807, 2.05) is 0 Å². The van der Waals surface area contributed by atoms with Gasteiger partial charge in [-0.2, -0.15) is 0 Å². The molecular weight excluding hydrogens is 270 g/mol. The second-order valence-corrected chi connectivity index (χ2v) is 4.28. The number of carbonyl (C=O) groups excluding carboxylic acids is 1. The monoisotopic (exact) mass is 279 g/mol. The number of ketones is 1. The Hall–Kier alpha value is -1.62. The molecule has 82 valence electrons. The normalized spacial score (nSPS) is 10.4. The van der Waals surface area contributed by atoms with Gasteiger partial charge < -0.3 is 10.3 Å². The number of aryl methyl sites for hydroxylation is 1. The van der Waals surface area contributed by atoms with Crippen molar-refractivity contribution in [3.05, 3.63) is 46.5 Å². The van der Waals surface area contributed by atoms with Crippen LogP contribution < -0.4 is 5.73 Å². The number of nitrogens with zero attached hydrogens (tertiary/aromatic N) is 2. The summed E-state index contributed by atoms with van der Waals surface area (Å²) in [5.41, 5.74) is 6.74. The number of benzene rings is 1. The van der Waals surface area contributed by atoms with E-state index in [1.54, 1.807) is 42.2 Å². The SMILES string of the molecule is Cn1ccnc1C(=O)c1cc(N)ccc1Br. The summed E-state index contributed by atoms with van der Waals surface area (Å²) in [6.07, 6.45) is 3.32. The Morgan fingerprint density at radius 3 is 2.88 bits per heavy atom. The smallest absolute Gasteiger partial charge is 0.229 e. The third-order valence-corrected chi connectivity index (χ3v) is 2.95. The highest BCUT2D eigenvalue weighted by molar-refractivity contribution is 9.10. The van der Waals surface area contributed by atoms with Gasteiger partial charge in [-0.15, -0.1) is 0 Å². The van der Waals surface area contributed by atoms with Gasteiger partial charge >= 0.3 is 0 Å². The molecule has 2 aromatic rings. The number of hydrogen-bond acceptors (Lipinski definition) is 3. The van der Waals surface area contributed by atoms with Crippen LogP contribution in [0.25, 0.3) is 0 Å². The zero-order chi connectivity index (χ0) is 11.7. The number of nitrogen functional groups attached to an aromatic ring is 1. The summed E-state index contributed by atoms with van der Waals surface area (Å²) in [4.78, 5) is 16.1. The second kappa shape index (κ2) is 4.09. The highest BCUT2D eigenvalue weighted by atomic mass is 79.9. The first kappa shape index (κ1) is 10.9. The largest absolute Gasteiger partial charge is 0.399 e. The quantitative estimate of drug-likeness (QED) is 0.676. The maximum Gasteiger partial charge on any atom is 0.229 e. The molecule has 0 radical (unpaired) electrons. The minimum atomic E-state index is -0.147. The van der Waals surface area contributed by atoms with Gasteiger partial charge in [0, 0.05) is 35.2 Å². The van der Waals surface area contributed by atoms with Crippen LogP contribution >= 0.6 is 15.9 Å². The Kier molecular flexibility index (Phi) is 2.78. The van der Waals surface area contributed by atoms with Crippen LogP contribution in [0.2, 0.25) is 0 Å². The van der Waals surface area contributed by atoms with E-state index in [0.717, 1.165) is 4.47 Å².